The summed E-state index contributed by atoms with van der Waals surface area (Å²) in [4.78, 5) is 13.7. The van der Waals surface area contributed by atoms with E-state index in [1.54, 1.807) is 0 Å². The molecule has 0 saturated carbocycles. The Hall–Kier alpha value is -1.44. The molecule has 0 spiro atoms. The maximum absolute atomic E-state index is 12.2. The first-order valence-corrected chi connectivity index (χ1v) is 4.32. The molecule has 0 aliphatic heterocycles. The fourth-order valence-electron chi connectivity index (χ4n) is 0.568. The van der Waals surface area contributed by atoms with Gasteiger partial charge in [-0.15, -0.1) is 0 Å². The minimum absolute atomic E-state index is 0.404. The summed E-state index contributed by atoms with van der Waals surface area (Å²) in [6.45, 7) is 0. The van der Waals surface area contributed by atoms with Crippen LogP contribution < -0.4 is 0 Å². The first-order chi connectivity index (χ1) is 5.95. The van der Waals surface area contributed by atoms with Crippen LogP contribution in [0.1, 0.15) is 10.5 Å². The number of hydrogen-bond donors (Lipinski definition) is 0. The summed E-state index contributed by atoms with van der Waals surface area (Å²) in [5, 5.41) is -1.16. The van der Waals surface area contributed by atoms with Crippen LogP contribution in [0.25, 0.3) is 0 Å². The summed E-state index contributed by atoms with van der Waals surface area (Å²) in [6, 6.07) is 0. The lowest BCUT2D eigenvalue weighted by atomic mass is 10.5. The second kappa shape index (κ2) is 3.13. The smallest absolute Gasteiger partial charge is 0.385 e. The van der Waals surface area contributed by atoms with Crippen molar-refractivity contribution in [2.45, 2.75) is 5.22 Å². The molecule has 13 heavy (non-hydrogen) atoms. The average molecular weight is 209 g/mol. The molecule has 0 amide bonds. The number of rotatable bonds is 2. The second-order valence-electron chi connectivity index (χ2n) is 1.93. The van der Waals surface area contributed by atoms with Crippen molar-refractivity contribution in [1.82, 2.24) is 4.98 Å². The Morgan fingerprint density at radius 1 is 1.69 bits per heavy atom. The Bertz CT molecular complexity index is 422. The molecule has 1 rings (SSSR count). The van der Waals surface area contributed by atoms with Crippen molar-refractivity contribution in [2.24, 2.45) is 0 Å². The Balaban J connectivity index is 3.07. The second-order valence-corrected chi connectivity index (χ2v) is 3.15. The number of esters is 1. The lowest BCUT2D eigenvalue weighted by Crippen LogP contribution is -2.02. The molecule has 0 aliphatic rings. The van der Waals surface area contributed by atoms with Gasteiger partial charge in [0, 0.05) is 0 Å². The maximum Gasteiger partial charge on any atom is 0.385 e. The SMILES string of the molecule is COC(=O)c1coc(S(=O)(=O)F)n1. The van der Waals surface area contributed by atoms with Gasteiger partial charge < -0.3 is 9.15 Å². The van der Waals surface area contributed by atoms with Crippen LogP contribution in [-0.4, -0.2) is 26.5 Å². The van der Waals surface area contributed by atoms with E-state index in [9.17, 15) is 17.1 Å². The third kappa shape index (κ3) is 2.02. The minimum Gasteiger partial charge on any atom is -0.464 e. The third-order valence-corrected chi connectivity index (χ3v) is 1.69. The summed E-state index contributed by atoms with van der Waals surface area (Å²) >= 11 is 0. The van der Waals surface area contributed by atoms with Crippen LogP contribution in [0.4, 0.5) is 3.89 Å². The molecule has 1 heterocycles. The number of ether oxygens (including phenoxy) is 1. The molecule has 0 atom stereocenters. The monoisotopic (exact) mass is 209 g/mol. The number of methoxy groups -OCH3 is 1. The van der Waals surface area contributed by atoms with Gasteiger partial charge in [-0.1, -0.05) is 3.89 Å². The van der Waals surface area contributed by atoms with Gasteiger partial charge in [0.2, 0.25) is 0 Å². The predicted molar refractivity (Wildman–Crippen MR) is 36.1 cm³/mol. The van der Waals surface area contributed by atoms with Gasteiger partial charge in [-0.05, 0) is 0 Å². The molecule has 0 unspecified atom stereocenters. The molecule has 0 bridgehead atoms. The van der Waals surface area contributed by atoms with E-state index < -0.39 is 27.1 Å². The summed E-state index contributed by atoms with van der Waals surface area (Å²) in [5.74, 6) is -0.904. The van der Waals surface area contributed by atoms with E-state index in [0.717, 1.165) is 7.11 Å². The van der Waals surface area contributed by atoms with Gasteiger partial charge in [-0.25, -0.2) is 4.79 Å². The Morgan fingerprint density at radius 2 is 2.31 bits per heavy atom. The number of hydrogen-bond acceptors (Lipinski definition) is 6. The van der Waals surface area contributed by atoms with E-state index in [0.29, 0.717) is 6.26 Å². The van der Waals surface area contributed by atoms with Gasteiger partial charge in [0.1, 0.15) is 6.26 Å². The normalized spacial score (nSPS) is 11.2. The van der Waals surface area contributed by atoms with Crippen LogP contribution in [0.2, 0.25) is 0 Å². The molecule has 0 aliphatic carbocycles. The van der Waals surface area contributed by atoms with Crippen LogP contribution in [0.3, 0.4) is 0 Å². The van der Waals surface area contributed by atoms with E-state index in [2.05, 4.69) is 14.1 Å². The van der Waals surface area contributed by atoms with E-state index >= 15 is 0 Å². The van der Waals surface area contributed by atoms with Crippen molar-refractivity contribution >= 4 is 16.2 Å². The lowest BCUT2D eigenvalue weighted by molar-refractivity contribution is 0.0594. The summed E-state index contributed by atoms with van der Waals surface area (Å²) in [7, 11) is -3.94. The maximum atomic E-state index is 12.2. The topological polar surface area (TPSA) is 86.5 Å². The van der Waals surface area contributed by atoms with Crippen molar-refractivity contribution in [3.8, 4) is 0 Å². The Kier molecular flexibility index (Phi) is 2.32. The van der Waals surface area contributed by atoms with Crippen LogP contribution in [-0.2, 0) is 15.0 Å². The van der Waals surface area contributed by atoms with Crippen LogP contribution in [0.5, 0.6) is 0 Å². The number of carbonyl (C=O) groups excluding carboxylic acids is 1. The van der Waals surface area contributed by atoms with Gasteiger partial charge in [-0.2, -0.15) is 13.4 Å². The summed E-state index contributed by atoms with van der Waals surface area (Å²) in [5.41, 5.74) is -0.404. The molecule has 6 nitrogen and oxygen atoms in total. The average Bonchev–Trinajstić information content (AvgIpc) is 2.50. The van der Waals surface area contributed by atoms with Crippen molar-refractivity contribution < 1.29 is 26.3 Å². The number of oxazole rings is 1. The molecule has 72 valence electrons. The van der Waals surface area contributed by atoms with E-state index in [-0.39, 0.29) is 0 Å². The van der Waals surface area contributed by atoms with Crippen molar-refractivity contribution in [3.05, 3.63) is 12.0 Å². The summed E-state index contributed by atoms with van der Waals surface area (Å²) in [6.07, 6.45) is 0.693. The molecule has 8 heteroatoms. The fourth-order valence-corrected chi connectivity index (χ4v) is 0.938. The van der Waals surface area contributed by atoms with Gasteiger partial charge in [-0.3, -0.25) is 0 Å². The highest BCUT2D eigenvalue weighted by atomic mass is 32.3. The van der Waals surface area contributed by atoms with Gasteiger partial charge in [0.25, 0.3) is 0 Å². The highest BCUT2D eigenvalue weighted by molar-refractivity contribution is 7.86. The number of carbonyl (C=O) groups is 1. The minimum atomic E-state index is -5.01. The van der Waals surface area contributed by atoms with Crippen LogP contribution in [0.15, 0.2) is 15.9 Å². The van der Waals surface area contributed by atoms with Crippen molar-refractivity contribution in [3.63, 3.8) is 0 Å². The number of aromatic nitrogens is 1. The fraction of sp³-hybridized carbons (Fsp3) is 0.200. The third-order valence-electron chi connectivity index (χ3n) is 1.09. The standard InChI is InChI=1S/C5H4FNO5S/c1-11-4(8)3-2-12-5(7-3)13(6,9)10/h2H,1H3. The molecular weight excluding hydrogens is 205 g/mol. The van der Waals surface area contributed by atoms with Crippen LogP contribution >= 0.6 is 0 Å². The molecule has 0 aromatic carbocycles. The molecule has 1 aromatic heterocycles. The Labute approximate surface area is 72.5 Å². The van der Waals surface area contributed by atoms with Gasteiger partial charge in [0.15, 0.2) is 5.69 Å². The zero-order valence-electron chi connectivity index (χ0n) is 6.35. The molecule has 1 aromatic rings. The summed E-state index contributed by atoms with van der Waals surface area (Å²) < 4.78 is 40.9. The molecule has 0 saturated heterocycles. The van der Waals surface area contributed by atoms with Gasteiger partial charge >= 0.3 is 21.4 Å². The zero-order valence-corrected chi connectivity index (χ0v) is 7.17. The first-order valence-electron chi connectivity index (χ1n) is 2.93. The van der Waals surface area contributed by atoms with E-state index in [1.165, 1.54) is 0 Å². The highest BCUT2D eigenvalue weighted by Crippen LogP contribution is 2.11. The van der Waals surface area contributed by atoms with Crippen molar-refractivity contribution in [1.29, 1.82) is 0 Å². The van der Waals surface area contributed by atoms with Crippen LogP contribution in [0, 0.1) is 0 Å². The molecule has 0 fully saturated rings. The quantitative estimate of drug-likeness (QED) is 0.507. The Morgan fingerprint density at radius 3 is 2.69 bits per heavy atom. The molecule has 0 radical (unpaired) electrons. The molecule has 0 N–H and O–H groups in total. The van der Waals surface area contributed by atoms with Crippen molar-refractivity contribution in [2.75, 3.05) is 7.11 Å². The predicted octanol–water partition coefficient (Wildman–Crippen LogP) is 0.119. The lowest BCUT2D eigenvalue weighted by Gasteiger charge is -1.88. The van der Waals surface area contributed by atoms with E-state index in [1.807, 2.05) is 0 Å². The zero-order chi connectivity index (χ0) is 10.1. The largest absolute Gasteiger partial charge is 0.464 e. The van der Waals surface area contributed by atoms with Gasteiger partial charge in [0.05, 0.1) is 7.11 Å². The first kappa shape index (κ1) is 9.65. The highest BCUT2D eigenvalue weighted by Gasteiger charge is 2.22. The molecular formula is C5H4FNO5S. The number of halogens is 1. The van der Waals surface area contributed by atoms with E-state index in [4.69, 9.17) is 0 Å². The number of nitrogens with zero attached hydrogens (tertiary/aromatic N) is 1.